The maximum absolute atomic E-state index is 10.2. The number of rotatable bonds is 4. The third kappa shape index (κ3) is 2.65. The van der Waals surface area contributed by atoms with Gasteiger partial charge in [-0.25, -0.2) is 0 Å². The van der Waals surface area contributed by atoms with Crippen LogP contribution in [-0.2, 0) is 5.41 Å². The van der Waals surface area contributed by atoms with Gasteiger partial charge in [-0.15, -0.1) is 0 Å². The van der Waals surface area contributed by atoms with Gasteiger partial charge in [0.2, 0.25) is 0 Å². The van der Waals surface area contributed by atoms with Crippen molar-refractivity contribution in [1.29, 1.82) is 0 Å². The molecule has 1 atom stereocenters. The third-order valence-corrected chi connectivity index (χ3v) is 4.45. The highest BCUT2D eigenvalue weighted by molar-refractivity contribution is 7.07. The summed E-state index contributed by atoms with van der Waals surface area (Å²) in [6, 6.07) is 10.3. The highest BCUT2D eigenvalue weighted by atomic mass is 32.1. The van der Waals surface area contributed by atoms with Crippen LogP contribution < -0.4 is 0 Å². The highest BCUT2D eigenvalue weighted by Gasteiger charge is 2.18. The molecule has 1 aromatic heterocycles. The lowest BCUT2D eigenvalue weighted by Gasteiger charge is -2.23. The number of aliphatic hydroxyl groups is 1. The molecule has 2 heteroatoms. The van der Waals surface area contributed by atoms with Crippen molar-refractivity contribution in [1.82, 2.24) is 0 Å². The predicted molar refractivity (Wildman–Crippen MR) is 78.1 cm³/mol. The number of hydrogen-bond acceptors (Lipinski definition) is 2. The molecule has 0 aliphatic heterocycles. The Morgan fingerprint density at radius 2 is 1.78 bits per heavy atom. The topological polar surface area (TPSA) is 20.2 Å². The molecule has 0 radical (unpaired) electrons. The molecule has 2 aromatic rings. The maximum atomic E-state index is 10.2. The van der Waals surface area contributed by atoms with Gasteiger partial charge in [0.25, 0.3) is 0 Å². The number of hydrogen-bond donors (Lipinski definition) is 1. The van der Waals surface area contributed by atoms with E-state index in [1.54, 1.807) is 11.3 Å². The molecular weight excluding hydrogens is 240 g/mol. The largest absolute Gasteiger partial charge is 0.384 e. The second-order valence-corrected chi connectivity index (χ2v) is 6.10. The molecule has 0 spiro atoms. The number of benzene rings is 1. The van der Waals surface area contributed by atoms with E-state index < -0.39 is 6.10 Å². The summed E-state index contributed by atoms with van der Waals surface area (Å²) in [5, 5.41) is 14.2. The van der Waals surface area contributed by atoms with Crippen LogP contribution in [-0.4, -0.2) is 5.11 Å². The van der Waals surface area contributed by atoms with Crippen LogP contribution in [0.2, 0.25) is 0 Å². The Morgan fingerprint density at radius 3 is 2.28 bits per heavy atom. The van der Waals surface area contributed by atoms with E-state index >= 15 is 0 Å². The normalized spacial score (nSPS) is 13.6. The third-order valence-electron chi connectivity index (χ3n) is 3.75. The van der Waals surface area contributed by atoms with Gasteiger partial charge in [-0.1, -0.05) is 45.0 Å². The first kappa shape index (κ1) is 13.3. The summed E-state index contributed by atoms with van der Waals surface area (Å²) in [5.74, 6) is 0. The van der Waals surface area contributed by atoms with Crippen LogP contribution >= 0.6 is 11.3 Å². The SMILES string of the molecule is CCC(C)(C)c1ccc(C(O)c2ccsc2)cc1. The molecular formula is C16H20OS. The summed E-state index contributed by atoms with van der Waals surface area (Å²) < 4.78 is 0. The molecule has 18 heavy (non-hydrogen) atoms. The smallest absolute Gasteiger partial charge is 0.105 e. The van der Waals surface area contributed by atoms with Gasteiger partial charge in [-0.05, 0) is 45.4 Å². The minimum absolute atomic E-state index is 0.200. The van der Waals surface area contributed by atoms with Crippen LogP contribution in [0.1, 0.15) is 50.0 Å². The van der Waals surface area contributed by atoms with Gasteiger partial charge in [-0.2, -0.15) is 11.3 Å². The summed E-state index contributed by atoms with van der Waals surface area (Å²) >= 11 is 1.61. The van der Waals surface area contributed by atoms with Gasteiger partial charge in [0, 0.05) is 0 Å². The first-order chi connectivity index (χ1) is 8.54. The molecule has 96 valence electrons. The number of aliphatic hydroxyl groups excluding tert-OH is 1. The molecule has 1 unspecified atom stereocenters. The lowest BCUT2D eigenvalue weighted by atomic mass is 9.82. The molecule has 0 saturated carbocycles. The van der Waals surface area contributed by atoms with Crippen LogP contribution in [0.15, 0.2) is 41.1 Å². The second-order valence-electron chi connectivity index (χ2n) is 5.32. The molecule has 1 aromatic carbocycles. The van der Waals surface area contributed by atoms with Crippen molar-refractivity contribution in [3.05, 3.63) is 57.8 Å². The van der Waals surface area contributed by atoms with Gasteiger partial charge in [-0.3, -0.25) is 0 Å². The van der Waals surface area contributed by atoms with E-state index in [9.17, 15) is 5.11 Å². The average molecular weight is 260 g/mol. The van der Waals surface area contributed by atoms with Crippen molar-refractivity contribution >= 4 is 11.3 Å². The fourth-order valence-electron chi connectivity index (χ4n) is 1.94. The zero-order chi connectivity index (χ0) is 13.2. The van der Waals surface area contributed by atoms with E-state index in [4.69, 9.17) is 0 Å². The first-order valence-electron chi connectivity index (χ1n) is 6.35. The molecule has 0 saturated heterocycles. The van der Waals surface area contributed by atoms with E-state index in [-0.39, 0.29) is 5.41 Å². The molecule has 2 rings (SSSR count). The highest BCUT2D eigenvalue weighted by Crippen LogP contribution is 2.29. The maximum Gasteiger partial charge on any atom is 0.105 e. The Hall–Kier alpha value is -1.12. The predicted octanol–water partition coefficient (Wildman–Crippen LogP) is 4.52. The molecule has 1 N–H and O–H groups in total. The Morgan fingerprint density at radius 1 is 1.11 bits per heavy atom. The summed E-state index contributed by atoms with van der Waals surface area (Å²) in [6.07, 6.45) is 0.606. The van der Waals surface area contributed by atoms with Gasteiger partial charge in [0.1, 0.15) is 6.10 Å². The molecule has 1 nitrogen and oxygen atoms in total. The molecule has 1 heterocycles. The van der Waals surface area contributed by atoms with Crippen molar-refractivity contribution in [3.63, 3.8) is 0 Å². The van der Waals surface area contributed by atoms with E-state index in [2.05, 4.69) is 32.9 Å². The molecule has 0 aliphatic carbocycles. The minimum Gasteiger partial charge on any atom is -0.384 e. The van der Waals surface area contributed by atoms with Crippen LogP contribution in [0.5, 0.6) is 0 Å². The van der Waals surface area contributed by atoms with Gasteiger partial charge >= 0.3 is 0 Å². The fourth-order valence-corrected chi connectivity index (χ4v) is 2.62. The van der Waals surface area contributed by atoms with E-state index in [1.807, 2.05) is 29.0 Å². The van der Waals surface area contributed by atoms with Crippen molar-refractivity contribution < 1.29 is 5.11 Å². The van der Waals surface area contributed by atoms with E-state index in [0.29, 0.717) is 0 Å². The number of thiophene rings is 1. The molecule has 0 amide bonds. The van der Waals surface area contributed by atoms with Gasteiger partial charge in [0.05, 0.1) is 0 Å². The minimum atomic E-state index is -0.505. The Balaban J connectivity index is 2.23. The molecule has 0 bridgehead atoms. The average Bonchev–Trinajstić information content (AvgIpc) is 2.92. The fraction of sp³-hybridized carbons (Fsp3) is 0.375. The van der Waals surface area contributed by atoms with Crippen LogP contribution in [0.25, 0.3) is 0 Å². The van der Waals surface area contributed by atoms with Crippen LogP contribution in [0.3, 0.4) is 0 Å². The zero-order valence-corrected chi connectivity index (χ0v) is 12.0. The second kappa shape index (κ2) is 5.25. The van der Waals surface area contributed by atoms with Crippen molar-refractivity contribution in [2.45, 2.75) is 38.7 Å². The molecule has 0 fully saturated rings. The van der Waals surface area contributed by atoms with E-state index in [0.717, 1.165) is 17.5 Å². The van der Waals surface area contributed by atoms with Gasteiger partial charge in [0.15, 0.2) is 0 Å². The Kier molecular flexibility index (Phi) is 3.88. The standard InChI is InChI=1S/C16H20OS/c1-4-16(2,3)14-7-5-12(6-8-14)15(17)13-9-10-18-11-13/h5-11,15,17H,4H2,1-3H3. The lowest BCUT2D eigenvalue weighted by molar-refractivity contribution is 0.221. The van der Waals surface area contributed by atoms with Crippen molar-refractivity contribution in [2.75, 3.05) is 0 Å². The monoisotopic (exact) mass is 260 g/mol. The Bertz CT molecular complexity index is 482. The summed E-state index contributed by atoms with van der Waals surface area (Å²) in [7, 11) is 0. The summed E-state index contributed by atoms with van der Waals surface area (Å²) in [5.41, 5.74) is 3.46. The summed E-state index contributed by atoms with van der Waals surface area (Å²) in [6.45, 7) is 6.70. The van der Waals surface area contributed by atoms with Crippen LogP contribution in [0.4, 0.5) is 0 Å². The van der Waals surface area contributed by atoms with Crippen molar-refractivity contribution in [2.24, 2.45) is 0 Å². The van der Waals surface area contributed by atoms with Gasteiger partial charge < -0.3 is 5.11 Å². The Labute approximate surface area is 113 Å². The first-order valence-corrected chi connectivity index (χ1v) is 7.29. The van der Waals surface area contributed by atoms with E-state index in [1.165, 1.54) is 5.56 Å². The quantitative estimate of drug-likeness (QED) is 0.857. The lowest BCUT2D eigenvalue weighted by Crippen LogP contribution is -2.15. The van der Waals surface area contributed by atoms with Crippen LogP contribution in [0, 0.1) is 0 Å². The zero-order valence-electron chi connectivity index (χ0n) is 11.2. The summed E-state index contributed by atoms with van der Waals surface area (Å²) in [4.78, 5) is 0. The van der Waals surface area contributed by atoms with Crippen molar-refractivity contribution in [3.8, 4) is 0 Å². The molecule has 0 aliphatic rings.